The molecular weight excluding hydrogens is 1550 g/mol. The lowest BCUT2D eigenvalue weighted by molar-refractivity contribution is -0.273. The van der Waals surface area contributed by atoms with Crippen LogP contribution >= 0.6 is 0 Å². The SMILES string of the molecule is CC[C@H]1O[C@@H](OCCOCCOCCNC(=O)CN(CC(=O)NCCOCCOCCO[C@@H]2O[C@H](COC(C)=O)[C@H](C)[C@H](C)[C@H]2NC(C)=O)C(Cc2ccc(-c3ccc(OCc4ccccc4)cc3)cc2)C(=O)NCCOCCOCCO[C@@H]2O[C@H](COC(C)=O)[C@H](C)[C@H](OC(C)=O)[C@H]2NC(C)=O)[C@H](NC(C)=O)[C@@H](OC(C)=O)[C@H]1OC(C)=O. The van der Waals surface area contributed by atoms with Gasteiger partial charge in [-0.2, -0.15) is 0 Å². The van der Waals surface area contributed by atoms with E-state index in [0.717, 1.165) is 16.7 Å². The van der Waals surface area contributed by atoms with Gasteiger partial charge >= 0.3 is 29.8 Å². The smallest absolute Gasteiger partial charge is 0.303 e. The predicted molar refractivity (Wildman–Crippen MR) is 420 cm³/mol. The molecule has 0 spiro atoms. The minimum atomic E-state index is -1.12. The van der Waals surface area contributed by atoms with E-state index in [0.29, 0.717) is 24.3 Å². The second-order valence-electron chi connectivity index (χ2n) is 28.5. The molecular formula is C82H121N7O29. The topological polar surface area (TPSA) is 429 Å². The van der Waals surface area contributed by atoms with Gasteiger partial charge in [-0.05, 0) is 59.1 Å². The second-order valence-corrected chi connectivity index (χ2v) is 28.5. The summed E-state index contributed by atoms with van der Waals surface area (Å²) in [6.07, 6.45) is -7.63. The summed E-state index contributed by atoms with van der Waals surface area (Å²) < 4.78 is 104. The molecule has 36 heteroatoms. The number of esters is 5. The van der Waals surface area contributed by atoms with Crippen LogP contribution in [-0.4, -0.2) is 295 Å². The molecule has 6 rings (SSSR count). The van der Waals surface area contributed by atoms with Crippen LogP contribution in [0.2, 0.25) is 0 Å². The number of amides is 6. The Morgan fingerprint density at radius 3 is 1.24 bits per heavy atom. The molecule has 1 unspecified atom stereocenters. The van der Waals surface area contributed by atoms with Crippen molar-refractivity contribution >= 4 is 65.3 Å². The molecule has 16 atom stereocenters. The predicted octanol–water partition coefficient (Wildman–Crippen LogP) is 2.57. The quantitative estimate of drug-likeness (QED) is 0.0269. The van der Waals surface area contributed by atoms with Crippen LogP contribution in [0.1, 0.15) is 101 Å². The number of hydrogen-bond acceptors (Lipinski definition) is 30. The first-order chi connectivity index (χ1) is 56.6. The van der Waals surface area contributed by atoms with Crippen LogP contribution in [0.5, 0.6) is 5.75 Å². The molecule has 0 saturated carbocycles. The minimum Gasteiger partial charge on any atom is -0.489 e. The molecule has 0 aliphatic carbocycles. The van der Waals surface area contributed by atoms with Crippen molar-refractivity contribution in [2.75, 3.05) is 145 Å². The normalized spacial score (nSPS) is 23.1. The van der Waals surface area contributed by atoms with Gasteiger partial charge in [-0.1, -0.05) is 94.4 Å². The van der Waals surface area contributed by atoms with Crippen molar-refractivity contribution in [2.24, 2.45) is 17.8 Å². The molecule has 3 heterocycles. The molecule has 0 radical (unpaired) electrons. The molecule has 658 valence electrons. The number of ether oxygens (including phenoxy) is 18. The van der Waals surface area contributed by atoms with Gasteiger partial charge in [0.2, 0.25) is 35.4 Å². The first kappa shape index (κ1) is 97.9. The Balaban J connectivity index is 1.08. The van der Waals surface area contributed by atoms with Gasteiger partial charge in [-0.25, -0.2) is 0 Å². The highest BCUT2D eigenvalue weighted by Crippen LogP contribution is 2.34. The molecule has 3 aliphatic rings. The second kappa shape index (κ2) is 53.6. The van der Waals surface area contributed by atoms with Crippen molar-refractivity contribution in [1.82, 2.24) is 36.8 Å². The van der Waals surface area contributed by atoms with Crippen LogP contribution in [0, 0.1) is 17.8 Å². The van der Waals surface area contributed by atoms with Crippen molar-refractivity contribution in [2.45, 2.75) is 182 Å². The number of benzene rings is 3. The third-order valence-corrected chi connectivity index (χ3v) is 19.2. The molecule has 36 nitrogen and oxygen atoms in total. The van der Waals surface area contributed by atoms with E-state index in [2.05, 4.69) is 31.9 Å². The third-order valence-electron chi connectivity index (χ3n) is 19.2. The van der Waals surface area contributed by atoms with Crippen LogP contribution in [0.3, 0.4) is 0 Å². The number of nitrogens with one attached hydrogen (secondary N) is 6. The monoisotopic (exact) mass is 1670 g/mol. The first-order valence-corrected chi connectivity index (χ1v) is 39.9. The van der Waals surface area contributed by atoms with E-state index >= 15 is 0 Å². The molecule has 3 saturated heterocycles. The Bertz CT molecular complexity index is 3570. The Morgan fingerprint density at radius 2 is 0.788 bits per heavy atom. The molecule has 3 fully saturated rings. The minimum absolute atomic E-state index is 0.00766. The highest BCUT2D eigenvalue weighted by molar-refractivity contribution is 5.86. The lowest BCUT2D eigenvalue weighted by Gasteiger charge is -2.45. The van der Waals surface area contributed by atoms with E-state index in [4.69, 9.17) is 85.3 Å². The zero-order valence-electron chi connectivity index (χ0n) is 69.7. The molecule has 0 aromatic heterocycles. The Morgan fingerprint density at radius 1 is 0.398 bits per heavy atom. The largest absolute Gasteiger partial charge is 0.489 e. The van der Waals surface area contributed by atoms with Crippen molar-refractivity contribution in [1.29, 1.82) is 0 Å². The molecule has 3 aromatic carbocycles. The summed E-state index contributed by atoms with van der Waals surface area (Å²) in [5.41, 5.74) is 3.51. The Kier molecular flexibility index (Phi) is 44.5. The lowest BCUT2D eigenvalue weighted by Crippen LogP contribution is -2.65. The number of carbonyl (C=O) groups excluding carboxylic acids is 11. The fourth-order valence-corrected chi connectivity index (χ4v) is 13.3. The molecule has 6 amide bonds. The molecule has 118 heavy (non-hydrogen) atoms. The van der Waals surface area contributed by atoms with E-state index in [-0.39, 0.29) is 156 Å². The van der Waals surface area contributed by atoms with E-state index in [1.165, 1.54) is 60.3 Å². The van der Waals surface area contributed by atoms with Gasteiger partial charge in [-0.3, -0.25) is 57.6 Å². The summed E-state index contributed by atoms with van der Waals surface area (Å²) in [6, 6.07) is 21.5. The van der Waals surface area contributed by atoms with Crippen LogP contribution < -0.4 is 36.6 Å². The van der Waals surface area contributed by atoms with E-state index in [1.807, 2.05) is 92.7 Å². The van der Waals surface area contributed by atoms with Gasteiger partial charge in [0.05, 0.1) is 130 Å². The maximum absolute atomic E-state index is 14.8. The zero-order chi connectivity index (χ0) is 85.9. The summed E-state index contributed by atoms with van der Waals surface area (Å²) in [5.74, 6) is -5.56. The molecule has 6 N–H and O–H groups in total. The Hall–Kier alpha value is -8.89. The number of nitrogens with zero attached hydrogens (tertiary/aromatic N) is 1. The van der Waals surface area contributed by atoms with Crippen LogP contribution in [-0.2, 0) is 146 Å². The number of carbonyl (C=O) groups is 11. The lowest BCUT2D eigenvalue weighted by atomic mass is 9.82. The third kappa shape index (κ3) is 36.0. The van der Waals surface area contributed by atoms with Crippen molar-refractivity contribution in [3.8, 4) is 16.9 Å². The van der Waals surface area contributed by atoms with Crippen LogP contribution in [0.15, 0.2) is 78.9 Å². The standard InChI is InChI=1S/C82H121N7O29/c1-13-68-77(114-60(11)96)78(115-61(12)97)75(88-56(7)92)82(116-68)109-44-41-105-37-34-102-31-28-84-72(99)47-89(46-71(98)83-27-30-101-33-36-104-39-42-107-80-73(86-54(5)90)52(3)51(2)69(117-80)49-110-57(8)93)67(45-62-19-21-64(22-20-62)65-23-25-66(26-24-65)112-48-63-17-15-14-16-18-63)79(100)85-29-32-103-35-38-106-40-43-108-81-74(87-55(6)91)76(113-59(10)95)53(4)70(118-81)50-111-58(9)94/h14-26,51-53,67-70,73-78,80-82H,13,27-50H2,1-12H3,(H,83,98)(H,84,99)(H,85,100)(H,86,90)(H,87,91)(H,88,92)/t51-,52+,53+,67?,68-,69-,70-,73-,74-,75-,76+,77+,78-,80-,81-,82-/m1/s1. The van der Waals surface area contributed by atoms with Crippen molar-refractivity contribution in [3.63, 3.8) is 0 Å². The highest BCUT2D eigenvalue weighted by atomic mass is 16.7. The van der Waals surface area contributed by atoms with Gasteiger partial charge in [0.1, 0.15) is 56.0 Å². The summed E-state index contributed by atoms with van der Waals surface area (Å²) in [6.45, 7) is 18.3. The highest BCUT2D eigenvalue weighted by Gasteiger charge is 2.51. The van der Waals surface area contributed by atoms with Crippen LogP contribution in [0.4, 0.5) is 0 Å². The number of rotatable bonds is 53. The van der Waals surface area contributed by atoms with Crippen molar-refractivity contribution < 1.29 is 138 Å². The Labute approximate surface area is 689 Å². The average molecular weight is 1670 g/mol. The van der Waals surface area contributed by atoms with Crippen molar-refractivity contribution in [3.05, 3.63) is 90.0 Å². The fraction of sp³-hybridized carbons (Fsp3) is 0.646. The van der Waals surface area contributed by atoms with Gasteiger partial charge < -0.3 is 117 Å². The average Bonchev–Trinajstić information content (AvgIpc) is 0.798. The van der Waals surface area contributed by atoms with Crippen LogP contribution in [0.25, 0.3) is 11.1 Å². The van der Waals surface area contributed by atoms with Gasteiger partial charge in [0.15, 0.2) is 31.1 Å². The molecule has 3 aromatic rings. The summed E-state index contributed by atoms with van der Waals surface area (Å²) in [7, 11) is 0. The summed E-state index contributed by atoms with van der Waals surface area (Å²) in [5, 5.41) is 17.0. The molecule has 3 aliphatic heterocycles. The molecule has 0 bridgehead atoms. The fourth-order valence-electron chi connectivity index (χ4n) is 13.3. The van der Waals surface area contributed by atoms with E-state index < -0.39 is 158 Å². The maximum Gasteiger partial charge on any atom is 0.303 e. The van der Waals surface area contributed by atoms with E-state index in [9.17, 15) is 52.7 Å². The van der Waals surface area contributed by atoms with Gasteiger partial charge in [0, 0.05) is 80.9 Å². The maximum atomic E-state index is 14.8. The number of hydrogen-bond donors (Lipinski definition) is 6. The van der Waals surface area contributed by atoms with Gasteiger partial charge in [0.25, 0.3) is 0 Å². The zero-order valence-corrected chi connectivity index (χ0v) is 69.7. The summed E-state index contributed by atoms with van der Waals surface area (Å²) in [4.78, 5) is 141. The van der Waals surface area contributed by atoms with E-state index in [1.54, 1.807) is 13.8 Å². The summed E-state index contributed by atoms with van der Waals surface area (Å²) >= 11 is 0. The first-order valence-electron chi connectivity index (χ1n) is 39.9. The van der Waals surface area contributed by atoms with Gasteiger partial charge in [-0.15, -0.1) is 0 Å².